The number of carbonyl (C=O) groups is 4. The number of piperidine rings is 2. The second-order valence-electron chi connectivity index (χ2n) is 18.1. The lowest BCUT2D eigenvalue weighted by atomic mass is 10.1. The second-order valence-corrected chi connectivity index (χ2v) is 18.1. The number of pyridine rings is 4. The van der Waals surface area contributed by atoms with E-state index in [2.05, 4.69) is 25.3 Å². The lowest BCUT2D eigenvalue weighted by Gasteiger charge is -2.31. The molecule has 0 atom stereocenters. The smallest absolute Gasteiger partial charge is 0.328 e. The minimum atomic E-state index is -2.71. The van der Waals surface area contributed by atoms with E-state index >= 15 is 0 Å². The molecule has 396 valence electrons. The zero-order valence-corrected chi connectivity index (χ0v) is 41.3. The minimum absolute atomic E-state index is 0.0296. The van der Waals surface area contributed by atoms with E-state index < -0.39 is 17.8 Å². The molecular formula is C56H52F4N10O7. The number of carbonyl (C=O) groups excluding carboxylic acids is 3. The van der Waals surface area contributed by atoms with Gasteiger partial charge in [0.15, 0.2) is 0 Å². The highest BCUT2D eigenvalue weighted by molar-refractivity contribution is 5.95. The summed E-state index contributed by atoms with van der Waals surface area (Å²) in [5, 5.41) is 12.9. The molecule has 0 unspecified atom stereocenters. The number of carboxylic acids is 1. The van der Waals surface area contributed by atoms with E-state index in [9.17, 15) is 36.7 Å². The number of aromatic nitrogens is 4. The molecule has 17 nitrogen and oxygen atoms in total. The first kappa shape index (κ1) is 54.0. The van der Waals surface area contributed by atoms with Crippen LogP contribution in [0.15, 0.2) is 143 Å². The van der Waals surface area contributed by atoms with Gasteiger partial charge in [-0.3, -0.25) is 24.4 Å². The van der Waals surface area contributed by atoms with Gasteiger partial charge in [0.25, 0.3) is 23.7 Å². The normalized spacial score (nSPS) is 14.9. The van der Waals surface area contributed by atoms with Crippen LogP contribution in [0.5, 0.6) is 0 Å². The van der Waals surface area contributed by atoms with Gasteiger partial charge in [0, 0.05) is 111 Å². The lowest BCUT2D eigenvalue weighted by Crippen LogP contribution is -2.42. The van der Waals surface area contributed by atoms with Gasteiger partial charge < -0.3 is 46.3 Å². The molecule has 0 radical (unpaired) electrons. The predicted molar refractivity (Wildman–Crippen MR) is 282 cm³/mol. The fraction of sp³-hybridized carbons (Fsp3) is 0.214. The number of nitrogen functional groups attached to an aromatic ring is 2. The number of amides is 3. The van der Waals surface area contributed by atoms with Crippen LogP contribution in [0, 0.1) is 0 Å². The predicted octanol–water partition coefficient (Wildman–Crippen LogP) is 9.26. The molecule has 0 saturated carbocycles. The molecule has 2 fully saturated rings. The first-order chi connectivity index (χ1) is 36.9. The number of anilines is 2. The number of alkyl halides is 4. The van der Waals surface area contributed by atoms with Crippen molar-refractivity contribution in [1.82, 2.24) is 35.1 Å². The van der Waals surface area contributed by atoms with Crippen LogP contribution in [0.3, 0.4) is 0 Å². The van der Waals surface area contributed by atoms with Crippen molar-refractivity contribution in [2.75, 3.05) is 37.6 Å². The maximum absolute atomic E-state index is 13.4. The molecule has 0 aliphatic carbocycles. The van der Waals surface area contributed by atoms with Crippen molar-refractivity contribution in [3.8, 4) is 22.5 Å². The number of halogens is 4. The summed E-state index contributed by atoms with van der Waals surface area (Å²) >= 11 is 0. The van der Waals surface area contributed by atoms with Gasteiger partial charge in [-0.2, -0.15) is 0 Å². The number of hydrogen-bond acceptors (Lipinski definition) is 13. The summed E-state index contributed by atoms with van der Waals surface area (Å²) in [7, 11) is 0. The van der Waals surface area contributed by atoms with E-state index in [0.29, 0.717) is 63.4 Å². The highest BCUT2D eigenvalue weighted by Gasteiger charge is 2.37. The Morgan fingerprint density at radius 3 is 1.45 bits per heavy atom. The summed E-state index contributed by atoms with van der Waals surface area (Å²) in [4.78, 5) is 66.8. The van der Waals surface area contributed by atoms with Gasteiger partial charge in [0.1, 0.15) is 34.3 Å². The van der Waals surface area contributed by atoms with Crippen molar-refractivity contribution in [2.45, 2.75) is 50.6 Å². The maximum Gasteiger partial charge on any atom is 0.328 e. The number of benzene rings is 2. The highest BCUT2D eigenvalue weighted by atomic mass is 19.3. The Kier molecular flexibility index (Phi) is 16.8. The van der Waals surface area contributed by atoms with Gasteiger partial charge in [-0.1, -0.05) is 24.3 Å². The van der Waals surface area contributed by atoms with Crippen molar-refractivity contribution < 1.29 is 50.7 Å². The van der Waals surface area contributed by atoms with E-state index in [1.165, 1.54) is 40.5 Å². The molecule has 0 spiro atoms. The topological polar surface area (TPSA) is 263 Å². The largest absolute Gasteiger partial charge is 0.478 e. The van der Waals surface area contributed by atoms with Crippen LogP contribution < -0.4 is 22.5 Å². The van der Waals surface area contributed by atoms with Gasteiger partial charge in [-0.05, 0) is 96.1 Å². The van der Waals surface area contributed by atoms with E-state index in [1.54, 1.807) is 60.8 Å². The van der Waals surface area contributed by atoms with Crippen molar-refractivity contribution >= 4 is 69.4 Å². The standard InChI is InChI=1S/C28H25F2N5O3.C20H19F2N3O2.C8H8N2O2/c29-28(30)9-11-35(12-10-28)27(37)21-5-6-23(32-16-21)19-3-4-20-13-22(38-24(20)14-19)17-34-26(36)8-2-18-1-7-25(31)33-15-18;21-20(22)5-7-25(8-6-20)19(26)15-3-4-17(24-12-15)13-1-2-14-9-16(11-23)27-18(14)10-13;9-7-3-1-6(5-10-7)2-4-8(11)12/h1-8,13-16H,9-12,17H2,(H2,31,33)(H,34,36);1-4,9-10,12H,5-8,11,23H2;1-5H,(H2,9,10)(H,11,12)/b8-2+;;4-2+. The van der Waals surface area contributed by atoms with Gasteiger partial charge in [-0.25, -0.2) is 32.3 Å². The Morgan fingerprint density at radius 2 is 1.04 bits per heavy atom. The summed E-state index contributed by atoms with van der Waals surface area (Å²) < 4.78 is 64.9. The molecule has 8 heterocycles. The number of rotatable bonds is 11. The number of hydrogen-bond donors (Lipinski definition) is 5. The fourth-order valence-corrected chi connectivity index (χ4v) is 8.10. The van der Waals surface area contributed by atoms with E-state index in [1.807, 2.05) is 48.5 Å². The lowest BCUT2D eigenvalue weighted by molar-refractivity contribution is -0.131. The number of nitrogens with two attached hydrogens (primary N) is 3. The second kappa shape index (κ2) is 24.0. The molecule has 0 bridgehead atoms. The van der Waals surface area contributed by atoms with E-state index in [4.69, 9.17) is 31.1 Å². The van der Waals surface area contributed by atoms with E-state index in [-0.39, 0.29) is 76.1 Å². The first-order valence-electron chi connectivity index (χ1n) is 24.2. The van der Waals surface area contributed by atoms with Crippen molar-refractivity contribution in [1.29, 1.82) is 0 Å². The third-order valence-corrected chi connectivity index (χ3v) is 12.4. The molecule has 21 heteroatoms. The van der Waals surface area contributed by atoms with Crippen LogP contribution in [-0.4, -0.2) is 96.6 Å². The molecule has 2 aliphatic heterocycles. The third-order valence-electron chi connectivity index (χ3n) is 12.4. The average Bonchev–Trinajstić information content (AvgIpc) is 4.06. The summed E-state index contributed by atoms with van der Waals surface area (Å²) in [6.07, 6.45) is 10.4. The van der Waals surface area contributed by atoms with Crippen LogP contribution in [0.4, 0.5) is 29.2 Å². The summed E-state index contributed by atoms with van der Waals surface area (Å²) in [6.45, 7) is 0.731. The molecule has 2 aromatic carbocycles. The molecule has 3 amide bonds. The highest BCUT2D eigenvalue weighted by Crippen LogP contribution is 2.31. The van der Waals surface area contributed by atoms with Crippen LogP contribution in [0.25, 0.3) is 56.6 Å². The van der Waals surface area contributed by atoms with Crippen molar-refractivity contribution in [3.63, 3.8) is 0 Å². The van der Waals surface area contributed by atoms with E-state index in [0.717, 1.165) is 39.1 Å². The monoisotopic (exact) mass is 1050 g/mol. The summed E-state index contributed by atoms with van der Waals surface area (Å²) in [6, 6.07) is 28.6. The number of nitrogens with zero attached hydrogens (tertiary/aromatic N) is 6. The van der Waals surface area contributed by atoms with Gasteiger partial charge >= 0.3 is 5.97 Å². The number of fused-ring (bicyclic) bond motifs is 2. The summed E-state index contributed by atoms with van der Waals surface area (Å²) in [5.41, 5.74) is 23.1. The first-order valence-corrected chi connectivity index (χ1v) is 24.2. The number of aliphatic carboxylic acids is 1. The molecular weight excluding hydrogens is 1000 g/mol. The van der Waals surface area contributed by atoms with Crippen molar-refractivity contribution in [3.05, 3.63) is 168 Å². The quantitative estimate of drug-likeness (QED) is 0.0597. The van der Waals surface area contributed by atoms with Gasteiger partial charge in [0.05, 0.1) is 35.6 Å². The molecule has 77 heavy (non-hydrogen) atoms. The number of carboxylic acid groups (broad SMARTS) is 1. The number of likely N-dealkylation sites (tertiary alicyclic amines) is 2. The number of furan rings is 2. The Balaban J connectivity index is 0.000000174. The molecule has 6 aromatic heterocycles. The third kappa shape index (κ3) is 14.8. The molecule has 10 rings (SSSR count). The van der Waals surface area contributed by atoms with Gasteiger partial charge in [-0.15, -0.1) is 0 Å². The maximum atomic E-state index is 13.4. The molecule has 2 aliphatic rings. The summed E-state index contributed by atoms with van der Waals surface area (Å²) in [5.74, 6) is -5.07. The molecule has 8 N–H and O–H groups in total. The van der Waals surface area contributed by atoms with Crippen LogP contribution in [0.1, 0.15) is 69.0 Å². The molecule has 8 aromatic rings. The fourth-order valence-electron chi connectivity index (χ4n) is 8.10. The number of nitrogens with one attached hydrogen (secondary N) is 1. The van der Waals surface area contributed by atoms with Crippen LogP contribution in [0.2, 0.25) is 0 Å². The van der Waals surface area contributed by atoms with Crippen molar-refractivity contribution in [2.24, 2.45) is 5.73 Å². The SMILES string of the molecule is NCc1cc2ccc(-c3ccc(C(=O)N4CCC(F)(F)CC4)cn3)cc2o1.Nc1ccc(/C=C/C(=O)NCc2cc3ccc(-c4ccc(C(=O)N5CCC(F)(F)CC5)cn4)cc3o2)cn1.Nc1ccc(/C=C/C(=O)O)cn1. The zero-order chi connectivity index (χ0) is 54.7. The zero-order valence-electron chi connectivity index (χ0n) is 41.3. The Hall–Kier alpha value is -9.24. The Morgan fingerprint density at radius 1 is 0.584 bits per heavy atom. The Bertz CT molecular complexity index is 3420. The van der Waals surface area contributed by atoms with Crippen LogP contribution >= 0.6 is 0 Å². The molecule has 2 saturated heterocycles. The van der Waals surface area contributed by atoms with Gasteiger partial charge in [0.2, 0.25) is 5.91 Å². The Labute approximate surface area is 438 Å². The minimum Gasteiger partial charge on any atom is -0.478 e. The van der Waals surface area contributed by atoms with Crippen LogP contribution in [-0.2, 0) is 22.7 Å². The average molecular weight is 1050 g/mol.